The molecule has 1 saturated heterocycles. The van der Waals surface area contributed by atoms with E-state index >= 15 is 0 Å². The van der Waals surface area contributed by atoms with Gasteiger partial charge in [0.25, 0.3) is 0 Å². The molecule has 0 aromatic rings. The van der Waals surface area contributed by atoms with Gasteiger partial charge in [0.15, 0.2) is 0 Å². The van der Waals surface area contributed by atoms with Crippen LogP contribution < -0.4 is 5.32 Å². The number of piperazine rings is 1. The van der Waals surface area contributed by atoms with E-state index in [-0.39, 0.29) is 18.1 Å². The van der Waals surface area contributed by atoms with Crippen molar-refractivity contribution < 1.29 is 9.53 Å². The maximum Gasteiger partial charge on any atom is 0.324 e. The van der Waals surface area contributed by atoms with Crippen LogP contribution in [0.4, 0.5) is 0 Å². The third kappa shape index (κ3) is 5.89. The Hall–Kier alpha value is -0.650. The van der Waals surface area contributed by atoms with Crippen molar-refractivity contribution in [1.29, 1.82) is 0 Å². The van der Waals surface area contributed by atoms with Crippen LogP contribution in [0.3, 0.4) is 0 Å². The molecule has 5 nitrogen and oxygen atoms in total. The second-order valence-electron chi connectivity index (χ2n) is 5.36. The molecule has 0 aromatic heterocycles. The largest absolute Gasteiger partial charge is 0.465 e. The summed E-state index contributed by atoms with van der Waals surface area (Å²) in [6, 6.07) is 0.0689. The Bertz CT molecular complexity index is 263. The topological polar surface area (TPSA) is 44.8 Å². The predicted octanol–water partition coefficient (Wildman–Crippen LogP) is 0.554. The molecule has 0 radical (unpaired) electrons. The second kappa shape index (κ2) is 8.51. The van der Waals surface area contributed by atoms with Crippen LogP contribution >= 0.6 is 0 Å². The summed E-state index contributed by atoms with van der Waals surface area (Å²) >= 11 is 0. The standard InChI is InChI=1S/C14H29N3O2/c1-5-16-7-9-17(10-8-16)11-13(15-12(3)4)14(18)19-6-2/h12-13,15H,5-11H2,1-4H3. The molecule has 112 valence electrons. The van der Waals surface area contributed by atoms with Gasteiger partial charge in [-0.2, -0.15) is 0 Å². The number of esters is 1. The molecule has 1 N–H and O–H groups in total. The molecule has 1 aliphatic rings. The number of rotatable bonds is 7. The summed E-state index contributed by atoms with van der Waals surface area (Å²) in [4.78, 5) is 16.7. The first-order valence-electron chi connectivity index (χ1n) is 7.44. The van der Waals surface area contributed by atoms with Gasteiger partial charge in [-0.1, -0.05) is 20.8 Å². The highest BCUT2D eigenvalue weighted by atomic mass is 16.5. The molecule has 0 amide bonds. The minimum Gasteiger partial charge on any atom is -0.465 e. The SMILES string of the molecule is CCOC(=O)C(CN1CCN(CC)CC1)NC(C)C. The Morgan fingerprint density at radius 1 is 1.16 bits per heavy atom. The van der Waals surface area contributed by atoms with Crippen LogP contribution in [0.5, 0.6) is 0 Å². The quantitative estimate of drug-likeness (QED) is 0.685. The number of ether oxygens (including phenoxy) is 1. The third-order valence-electron chi connectivity index (χ3n) is 3.46. The van der Waals surface area contributed by atoms with Gasteiger partial charge in [0, 0.05) is 38.8 Å². The molecule has 1 aliphatic heterocycles. The normalized spacial score (nSPS) is 19.6. The number of nitrogens with one attached hydrogen (secondary N) is 1. The molecule has 0 aromatic carbocycles. The van der Waals surface area contributed by atoms with Crippen LogP contribution in [0.2, 0.25) is 0 Å². The zero-order chi connectivity index (χ0) is 14.3. The summed E-state index contributed by atoms with van der Waals surface area (Å²) in [5, 5.41) is 3.31. The van der Waals surface area contributed by atoms with Crippen molar-refractivity contribution in [2.45, 2.75) is 39.8 Å². The number of hydrogen-bond donors (Lipinski definition) is 1. The Balaban J connectivity index is 2.45. The first-order chi connectivity index (χ1) is 9.06. The molecule has 1 heterocycles. The van der Waals surface area contributed by atoms with Gasteiger partial charge in [0.1, 0.15) is 6.04 Å². The van der Waals surface area contributed by atoms with Gasteiger partial charge in [0.2, 0.25) is 0 Å². The van der Waals surface area contributed by atoms with E-state index in [4.69, 9.17) is 4.74 Å². The minimum atomic E-state index is -0.215. The van der Waals surface area contributed by atoms with E-state index in [2.05, 4.69) is 35.9 Å². The first kappa shape index (κ1) is 16.4. The smallest absolute Gasteiger partial charge is 0.324 e. The number of likely N-dealkylation sites (N-methyl/N-ethyl adjacent to an activating group) is 1. The van der Waals surface area contributed by atoms with E-state index in [0.717, 1.165) is 39.3 Å². The summed E-state index contributed by atoms with van der Waals surface area (Å²) in [6.07, 6.45) is 0. The fraction of sp³-hybridized carbons (Fsp3) is 0.929. The fourth-order valence-corrected chi connectivity index (χ4v) is 2.39. The fourth-order valence-electron chi connectivity index (χ4n) is 2.39. The van der Waals surface area contributed by atoms with Gasteiger partial charge in [0.05, 0.1) is 6.61 Å². The monoisotopic (exact) mass is 271 g/mol. The molecule has 0 aliphatic carbocycles. The highest BCUT2D eigenvalue weighted by Crippen LogP contribution is 2.04. The molecule has 1 fully saturated rings. The Kier molecular flexibility index (Phi) is 7.34. The van der Waals surface area contributed by atoms with Crippen molar-refractivity contribution in [1.82, 2.24) is 15.1 Å². The lowest BCUT2D eigenvalue weighted by molar-refractivity contribution is -0.146. The van der Waals surface area contributed by atoms with Crippen molar-refractivity contribution in [3.8, 4) is 0 Å². The van der Waals surface area contributed by atoms with Gasteiger partial charge in [-0.3, -0.25) is 9.69 Å². The van der Waals surface area contributed by atoms with E-state index in [1.54, 1.807) is 0 Å². The molecule has 1 atom stereocenters. The Morgan fingerprint density at radius 3 is 2.21 bits per heavy atom. The van der Waals surface area contributed by atoms with Crippen molar-refractivity contribution in [3.63, 3.8) is 0 Å². The van der Waals surface area contributed by atoms with Crippen LogP contribution in [0.1, 0.15) is 27.7 Å². The van der Waals surface area contributed by atoms with Crippen LogP contribution in [-0.2, 0) is 9.53 Å². The number of hydrogen-bond acceptors (Lipinski definition) is 5. The van der Waals surface area contributed by atoms with E-state index in [9.17, 15) is 4.79 Å². The second-order valence-corrected chi connectivity index (χ2v) is 5.36. The molecule has 0 bridgehead atoms. The molecule has 1 rings (SSSR count). The Morgan fingerprint density at radius 2 is 1.74 bits per heavy atom. The molecule has 19 heavy (non-hydrogen) atoms. The van der Waals surface area contributed by atoms with Gasteiger partial charge < -0.3 is 15.0 Å². The zero-order valence-electron chi connectivity index (χ0n) is 12.8. The van der Waals surface area contributed by atoms with E-state index < -0.39 is 0 Å². The van der Waals surface area contributed by atoms with Crippen molar-refractivity contribution in [2.24, 2.45) is 0 Å². The number of carbonyl (C=O) groups excluding carboxylic acids is 1. The van der Waals surface area contributed by atoms with E-state index in [1.807, 2.05) is 6.92 Å². The van der Waals surface area contributed by atoms with Gasteiger partial charge >= 0.3 is 5.97 Å². The van der Waals surface area contributed by atoms with Gasteiger partial charge in [-0.25, -0.2) is 0 Å². The van der Waals surface area contributed by atoms with Crippen LogP contribution in [0.15, 0.2) is 0 Å². The summed E-state index contributed by atoms with van der Waals surface area (Å²) in [6.45, 7) is 14.7. The Labute approximate surface area is 117 Å². The summed E-state index contributed by atoms with van der Waals surface area (Å²) in [7, 11) is 0. The lowest BCUT2D eigenvalue weighted by Gasteiger charge is -2.35. The van der Waals surface area contributed by atoms with Crippen LogP contribution in [-0.4, -0.2) is 73.7 Å². The average molecular weight is 271 g/mol. The number of carbonyl (C=O) groups is 1. The summed E-state index contributed by atoms with van der Waals surface area (Å²) in [5.41, 5.74) is 0. The van der Waals surface area contributed by atoms with Gasteiger partial charge in [-0.15, -0.1) is 0 Å². The lowest BCUT2D eigenvalue weighted by Crippen LogP contribution is -2.54. The average Bonchev–Trinajstić information content (AvgIpc) is 2.38. The van der Waals surface area contributed by atoms with Crippen LogP contribution in [0.25, 0.3) is 0 Å². The van der Waals surface area contributed by atoms with E-state index in [1.165, 1.54) is 0 Å². The molecule has 0 saturated carbocycles. The van der Waals surface area contributed by atoms with Crippen molar-refractivity contribution in [2.75, 3.05) is 45.9 Å². The maximum absolute atomic E-state index is 12.0. The maximum atomic E-state index is 12.0. The molecule has 1 unspecified atom stereocenters. The van der Waals surface area contributed by atoms with Crippen molar-refractivity contribution in [3.05, 3.63) is 0 Å². The third-order valence-corrected chi connectivity index (χ3v) is 3.46. The highest BCUT2D eigenvalue weighted by Gasteiger charge is 2.25. The summed E-state index contributed by atoms with van der Waals surface area (Å²) < 4.78 is 5.15. The zero-order valence-corrected chi connectivity index (χ0v) is 12.8. The number of nitrogens with zero attached hydrogens (tertiary/aromatic N) is 2. The van der Waals surface area contributed by atoms with Crippen molar-refractivity contribution >= 4 is 5.97 Å². The summed E-state index contributed by atoms with van der Waals surface area (Å²) in [5.74, 6) is -0.130. The minimum absolute atomic E-state index is 0.130. The van der Waals surface area contributed by atoms with Gasteiger partial charge in [-0.05, 0) is 13.5 Å². The lowest BCUT2D eigenvalue weighted by atomic mass is 10.2. The molecular weight excluding hydrogens is 242 g/mol. The first-order valence-corrected chi connectivity index (χ1v) is 7.44. The molecule has 5 heteroatoms. The molecular formula is C14H29N3O2. The predicted molar refractivity (Wildman–Crippen MR) is 77.2 cm³/mol. The van der Waals surface area contributed by atoms with Crippen LogP contribution in [0, 0.1) is 0 Å². The molecule has 0 spiro atoms. The highest BCUT2D eigenvalue weighted by molar-refractivity contribution is 5.76. The van der Waals surface area contributed by atoms with E-state index in [0.29, 0.717) is 6.61 Å².